The number of benzene rings is 1. The van der Waals surface area contributed by atoms with Crippen LogP contribution in [0.1, 0.15) is 32.6 Å². The minimum atomic E-state index is -0.790. The van der Waals surface area contributed by atoms with E-state index in [1.165, 1.54) is 13.1 Å². The van der Waals surface area contributed by atoms with Crippen LogP contribution in [0.3, 0.4) is 0 Å². The van der Waals surface area contributed by atoms with Crippen LogP contribution in [0.15, 0.2) is 29.2 Å². The molecule has 1 saturated carbocycles. The second-order valence-electron chi connectivity index (χ2n) is 7.72. The summed E-state index contributed by atoms with van der Waals surface area (Å²) in [5.74, 6) is -1.43. The maximum Gasteiger partial charge on any atom is 0.316 e. The standard InChI is InChI=1S/C21H24F2N4O3/c1-14(28)25-6-8-26(9-7-25)19-13-24-27(17-11-15(22)10-16(23)12-17)21(29)20(19)30-18-4-2-3-5-18/h10-13,18H,2-9H2,1H3. The van der Waals surface area contributed by atoms with E-state index in [1.807, 2.05) is 4.90 Å². The Labute approximate surface area is 172 Å². The summed E-state index contributed by atoms with van der Waals surface area (Å²) < 4.78 is 34.4. The fraction of sp³-hybridized carbons (Fsp3) is 0.476. The van der Waals surface area contributed by atoms with Crippen LogP contribution in [0.5, 0.6) is 5.75 Å². The summed E-state index contributed by atoms with van der Waals surface area (Å²) in [6.07, 6.45) is 5.20. The number of anilines is 1. The van der Waals surface area contributed by atoms with Gasteiger partial charge in [0.1, 0.15) is 17.3 Å². The van der Waals surface area contributed by atoms with Crippen molar-refractivity contribution < 1.29 is 18.3 Å². The Kier molecular flexibility index (Phi) is 5.69. The summed E-state index contributed by atoms with van der Waals surface area (Å²) in [7, 11) is 0. The van der Waals surface area contributed by atoms with Crippen LogP contribution in [-0.2, 0) is 4.79 Å². The maximum absolute atomic E-state index is 13.7. The number of ether oxygens (including phenoxy) is 1. The highest BCUT2D eigenvalue weighted by atomic mass is 19.1. The third-order valence-corrected chi connectivity index (χ3v) is 5.66. The van der Waals surface area contributed by atoms with Crippen molar-refractivity contribution in [2.45, 2.75) is 38.7 Å². The zero-order valence-electron chi connectivity index (χ0n) is 16.8. The molecule has 2 aromatic rings. The molecular weight excluding hydrogens is 394 g/mol. The smallest absolute Gasteiger partial charge is 0.316 e. The van der Waals surface area contributed by atoms with E-state index in [9.17, 15) is 18.4 Å². The molecule has 0 atom stereocenters. The molecule has 2 heterocycles. The van der Waals surface area contributed by atoms with Crippen LogP contribution in [0.25, 0.3) is 5.69 Å². The van der Waals surface area contributed by atoms with E-state index in [-0.39, 0.29) is 23.4 Å². The highest BCUT2D eigenvalue weighted by Gasteiger charge is 2.27. The van der Waals surface area contributed by atoms with Crippen LogP contribution in [0.4, 0.5) is 14.5 Å². The zero-order valence-corrected chi connectivity index (χ0v) is 16.8. The van der Waals surface area contributed by atoms with Crippen LogP contribution >= 0.6 is 0 Å². The normalized spacial score (nSPS) is 17.4. The van der Waals surface area contributed by atoms with Gasteiger partial charge in [0.15, 0.2) is 0 Å². The van der Waals surface area contributed by atoms with Crippen LogP contribution < -0.4 is 15.2 Å². The third-order valence-electron chi connectivity index (χ3n) is 5.66. The van der Waals surface area contributed by atoms with Crippen molar-refractivity contribution in [3.8, 4) is 11.4 Å². The molecule has 1 saturated heterocycles. The Bertz CT molecular complexity index is 976. The molecule has 160 valence electrons. The first-order chi connectivity index (χ1) is 14.4. The molecule has 0 radical (unpaired) electrons. The maximum atomic E-state index is 13.7. The van der Waals surface area contributed by atoms with Crippen molar-refractivity contribution in [2.24, 2.45) is 0 Å². The molecule has 0 bridgehead atoms. The number of hydrogen-bond donors (Lipinski definition) is 0. The number of halogens is 2. The van der Waals surface area contributed by atoms with Crippen molar-refractivity contribution in [1.29, 1.82) is 0 Å². The van der Waals surface area contributed by atoms with E-state index in [0.717, 1.165) is 48.6 Å². The largest absolute Gasteiger partial charge is 0.483 e. The number of piperazine rings is 1. The molecule has 2 fully saturated rings. The Morgan fingerprint density at radius 2 is 1.70 bits per heavy atom. The zero-order chi connectivity index (χ0) is 21.3. The minimum absolute atomic E-state index is 0.00159. The lowest BCUT2D eigenvalue weighted by atomic mass is 10.2. The Morgan fingerprint density at radius 1 is 1.07 bits per heavy atom. The van der Waals surface area contributed by atoms with E-state index in [1.54, 1.807) is 4.90 Å². The molecule has 1 aromatic heterocycles. The SMILES string of the molecule is CC(=O)N1CCN(c2cnn(-c3cc(F)cc(F)c3)c(=O)c2OC2CCCC2)CC1. The average molecular weight is 418 g/mol. The van der Waals surface area contributed by atoms with Crippen molar-refractivity contribution in [1.82, 2.24) is 14.7 Å². The second kappa shape index (κ2) is 8.41. The van der Waals surface area contributed by atoms with E-state index in [2.05, 4.69) is 5.10 Å². The predicted molar refractivity (Wildman–Crippen MR) is 107 cm³/mol. The summed E-state index contributed by atoms with van der Waals surface area (Å²) in [6, 6.07) is 2.86. The van der Waals surface area contributed by atoms with E-state index in [4.69, 9.17) is 4.74 Å². The van der Waals surface area contributed by atoms with Gasteiger partial charge in [-0.2, -0.15) is 9.78 Å². The van der Waals surface area contributed by atoms with Crippen molar-refractivity contribution in [2.75, 3.05) is 31.1 Å². The van der Waals surface area contributed by atoms with E-state index >= 15 is 0 Å². The molecule has 0 unspecified atom stereocenters. The molecule has 1 aliphatic carbocycles. The molecule has 9 heteroatoms. The summed E-state index contributed by atoms with van der Waals surface area (Å²) >= 11 is 0. The van der Waals surface area contributed by atoms with Crippen molar-refractivity contribution >= 4 is 11.6 Å². The first-order valence-electron chi connectivity index (χ1n) is 10.2. The minimum Gasteiger partial charge on any atom is -0.483 e. The molecule has 0 spiro atoms. The van der Waals surface area contributed by atoms with Gasteiger partial charge in [-0.25, -0.2) is 8.78 Å². The number of nitrogens with zero attached hydrogens (tertiary/aromatic N) is 4. The molecule has 2 aliphatic rings. The lowest BCUT2D eigenvalue weighted by Crippen LogP contribution is -2.48. The Balaban J connectivity index is 1.72. The molecule has 1 amide bonds. The molecule has 1 aromatic carbocycles. The number of hydrogen-bond acceptors (Lipinski definition) is 5. The van der Waals surface area contributed by atoms with Gasteiger partial charge in [0, 0.05) is 39.2 Å². The molecular formula is C21H24F2N4O3. The summed E-state index contributed by atoms with van der Waals surface area (Å²) in [4.78, 5) is 28.6. The molecule has 7 nitrogen and oxygen atoms in total. The van der Waals surface area contributed by atoms with Gasteiger partial charge in [0.2, 0.25) is 11.7 Å². The molecule has 1 aliphatic heterocycles. The summed E-state index contributed by atoms with van der Waals surface area (Å²) in [5, 5.41) is 4.16. The average Bonchev–Trinajstić information content (AvgIpc) is 3.22. The highest BCUT2D eigenvalue weighted by Crippen LogP contribution is 2.30. The van der Waals surface area contributed by atoms with Gasteiger partial charge >= 0.3 is 5.56 Å². The highest BCUT2D eigenvalue weighted by molar-refractivity contribution is 5.73. The van der Waals surface area contributed by atoms with E-state index in [0.29, 0.717) is 31.9 Å². The molecule has 4 rings (SSSR count). The van der Waals surface area contributed by atoms with Gasteiger partial charge < -0.3 is 14.5 Å². The Morgan fingerprint density at radius 3 is 2.30 bits per heavy atom. The topological polar surface area (TPSA) is 67.7 Å². The molecule has 0 N–H and O–H groups in total. The van der Waals surface area contributed by atoms with Gasteiger partial charge in [0.25, 0.3) is 0 Å². The number of carbonyl (C=O) groups excluding carboxylic acids is 1. The quantitative estimate of drug-likeness (QED) is 0.763. The van der Waals surface area contributed by atoms with E-state index < -0.39 is 17.2 Å². The third kappa shape index (κ3) is 4.15. The van der Waals surface area contributed by atoms with Gasteiger partial charge in [-0.05, 0) is 37.8 Å². The second-order valence-corrected chi connectivity index (χ2v) is 7.72. The number of amides is 1. The predicted octanol–water partition coefficient (Wildman–Crippen LogP) is 2.50. The van der Waals surface area contributed by atoms with Gasteiger partial charge in [-0.3, -0.25) is 9.59 Å². The van der Waals surface area contributed by atoms with Crippen molar-refractivity contribution in [3.05, 3.63) is 46.4 Å². The number of rotatable bonds is 4. The Hall–Kier alpha value is -2.97. The lowest BCUT2D eigenvalue weighted by molar-refractivity contribution is -0.129. The van der Waals surface area contributed by atoms with Crippen LogP contribution in [0, 0.1) is 11.6 Å². The van der Waals surface area contributed by atoms with Crippen molar-refractivity contribution in [3.63, 3.8) is 0 Å². The van der Waals surface area contributed by atoms with Crippen LogP contribution in [0.2, 0.25) is 0 Å². The molecule has 30 heavy (non-hydrogen) atoms. The first-order valence-corrected chi connectivity index (χ1v) is 10.2. The fourth-order valence-electron chi connectivity index (χ4n) is 4.05. The number of carbonyl (C=O) groups is 1. The summed E-state index contributed by atoms with van der Waals surface area (Å²) in [6.45, 7) is 3.69. The van der Waals surface area contributed by atoms with Gasteiger partial charge in [-0.1, -0.05) is 0 Å². The number of aromatic nitrogens is 2. The van der Waals surface area contributed by atoms with Gasteiger partial charge in [0.05, 0.1) is 18.0 Å². The van der Waals surface area contributed by atoms with Crippen LogP contribution in [-0.4, -0.2) is 52.9 Å². The first kappa shape index (κ1) is 20.3. The lowest BCUT2D eigenvalue weighted by Gasteiger charge is -2.36. The van der Waals surface area contributed by atoms with Gasteiger partial charge in [-0.15, -0.1) is 0 Å². The summed E-state index contributed by atoms with van der Waals surface area (Å²) in [5.41, 5.74) is -0.0108. The fourth-order valence-corrected chi connectivity index (χ4v) is 4.05. The monoisotopic (exact) mass is 418 g/mol.